The van der Waals surface area contributed by atoms with E-state index in [4.69, 9.17) is 0 Å². The Hall–Kier alpha value is -1.60. The Morgan fingerprint density at radius 3 is 2.84 bits per heavy atom. The van der Waals surface area contributed by atoms with E-state index in [9.17, 15) is 5.26 Å². The van der Waals surface area contributed by atoms with Gasteiger partial charge in [0.15, 0.2) is 0 Å². The number of anilines is 1. The molecule has 0 aliphatic carbocycles. The molecule has 1 fully saturated rings. The van der Waals surface area contributed by atoms with Crippen LogP contribution in [0.1, 0.15) is 37.3 Å². The van der Waals surface area contributed by atoms with Crippen LogP contribution >= 0.6 is 0 Å². The maximum absolute atomic E-state index is 9.19. The average Bonchev–Trinajstić information content (AvgIpc) is 2.40. The molecule has 1 N–H and O–H groups in total. The lowest BCUT2D eigenvalue weighted by Crippen LogP contribution is -2.38. The van der Waals surface area contributed by atoms with Crippen LogP contribution in [0.2, 0.25) is 0 Å². The Kier molecular flexibility index (Phi) is 4.75. The van der Waals surface area contributed by atoms with Gasteiger partial charge in [0.05, 0.1) is 5.56 Å². The molecule has 1 saturated heterocycles. The zero-order chi connectivity index (χ0) is 13.7. The lowest BCUT2D eigenvalue weighted by Gasteiger charge is -2.29. The number of piperidine rings is 1. The fraction of sp³-hybridized carbons (Fsp3) is 0.600. The summed E-state index contributed by atoms with van der Waals surface area (Å²) in [6.07, 6.45) is 5.72. The maximum Gasteiger partial charge on any atom is 0.144 e. The number of likely N-dealkylation sites (tertiary alicyclic amines) is 1. The number of pyridine rings is 1. The molecule has 102 valence electrons. The topological polar surface area (TPSA) is 52.0 Å². The van der Waals surface area contributed by atoms with Crippen LogP contribution in [-0.2, 0) is 0 Å². The van der Waals surface area contributed by atoms with E-state index in [2.05, 4.69) is 28.2 Å². The van der Waals surface area contributed by atoms with Gasteiger partial charge in [-0.3, -0.25) is 0 Å². The van der Waals surface area contributed by atoms with Gasteiger partial charge in [-0.15, -0.1) is 0 Å². The number of aryl methyl sites for hydroxylation is 1. The first-order chi connectivity index (χ1) is 9.20. The lowest BCUT2D eigenvalue weighted by molar-refractivity contribution is 0.223. The van der Waals surface area contributed by atoms with Crippen molar-refractivity contribution in [3.05, 3.63) is 23.4 Å². The first-order valence-electron chi connectivity index (χ1n) is 7.05. The Balaban J connectivity index is 1.97. The third kappa shape index (κ3) is 3.68. The number of nitriles is 1. The molecule has 1 aromatic heterocycles. The molecule has 1 aliphatic heterocycles. The quantitative estimate of drug-likeness (QED) is 0.901. The van der Waals surface area contributed by atoms with Crippen LogP contribution in [-0.4, -0.2) is 35.6 Å². The SMILES string of the molecule is Cc1ccnc(NC(C)CN2CCCCC2)c1C#N. The summed E-state index contributed by atoms with van der Waals surface area (Å²) in [5, 5.41) is 12.6. The van der Waals surface area contributed by atoms with Crippen molar-refractivity contribution in [3.63, 3.8) is 0 Å². The van der Waals surface area contributed by atoms with Crippen molar-refractivity contribution in [2.24, 2.45) is 0 Å². The Morgan fingerprint density at radius 2 is 2.16 bits per heavy atom. The van der Waals surface area contributed by atoms with E-state index in [0.717, 1.165) is 12.1 Å². The van der Waals surface area contributed by atoms with Crippen LogP contribution < -0.4 is 5.32 Å². The van der Waals surface area contributed by atoms with Crippen LogP contribution in [0.4, 0.5) is 5.82 Å². The standard InChI is InChI=1S/C15H22N4/c1-12-6-7-17-15(14(12)10-16)18-13(2)11-19-8-4-3-5-9-19/h6-7,13H,3-5,8-9,11H2,1-2H3,(H,17,18). The molecule has 1 unspecified atom stereocenters. The smallest absolute Gasteiger partial charge is 0.144 e. The van der Waals surface area contributed by atoms with Gasteiger partial charge in [0.1, 0.15) is 11.9 Å². The van der Waals surface area contributed by atoms with E-state index in [0.29, 0.717) is 17.4 Å². The molecule has 0 saturated carbocycles. The monoisotopic (exact) mass is 258 g/mol. The number of aromatic nitrogens is 1. The highest BCUT2D eigenvalue weighted by molar-refractivity contribution is 5.55. The number of hydrogen-bond donors (Lipinski definition) is 1. The summed E-state index contributed by atoms with van der Waals surface area (Å²) in [5.74, 6) is 0.715. The van der Waals surface area contributed by atoms with Gasteiger partial charge < -0.3 is 10.2 Å². The van der Waals surface area contributed by atoms with E-state index in [1.54, 1.807) is 6.20 Å². The van der Waals surface area contributed by atoms with Crippen molar-refractivity contribution in [1.82, 2.24) is 9.88 Å². The summed E-state index contributed by atoms with van der Waals surface area (Å²) in [6.45, 7) is 7.50. The van der Waals surface area contributed by atoms with E-state index in [1.807, 2.05) is 13.0 Å². The first-order valence-corrected chi connectivity index (χ1v) is 7.05. The highest BCUT2D eigenvalue weighted by Gasteiger charge is 2.15. The minimum absolute atomic E-state index is 0.305. The fourth-order valence-corrected chi connectivity index (χ4v) is 2.62. The first kappa shape index (κ1) is 13.8. The summed E-state index contributed by atoms with van der Waals surface area (Å²) in [6, 6.07) is 4.41. The van der Waals surface area contributed by atoms with Gasteiger partial charge in [-0.25, -0.2) is 4.98 Å². The van der Waals surface area contributed by atoms with Gasteiger partial charge in [-0.1, -0.05) is 6.42 Å². The minimum atomic E-state index is 0.305. The molecule has 0 bridgehead atoms. The Labute approximate surface area is 115 Å². The van der Waals surface area contributed by atoms with Crippen LogP contribution in [0, 0.1) is 18.3 Å². The molecule has 2 heterocycles. The molecule has 19 heavy (non-hydrogen) atoms. The highest BCUT2D eigenvalue weighted by atomic mass is 15.2. The molecule has 0 spiro atoms. The molecule has 1 aromatic rings. The largest absolute Gasteiger partial charge is 0.365 e. The fourth-order valence-electron chi connectivity index (χ4n) is 2.62. The lowest BCUT2D eigenvalue weighted by atomic mass is 10.1. The number of nitrogens with zero attached hydrogens (tertiary/aromatic N) is 3. The maximum atomic E-state index is 9.19. The summed E-state index contributed by atoms with van der Waals surface area (Å²) in [5.41, 5.74) is 1.64. The molecular weight excluding hydrogens is 236 g/mol. The van der Waals surface area contributed by atoms with Gasteiger partial charge in [0, 0.05) is 18.8 Å². The number of nitrogens with one attached hydrogen (secondary N) is 1. The van der Waals surface area contributed by atoms with Crippen LogP contribution in [0.15, 0.2) is 12.3 Å². The third-order valence-corrected chi connectivity index (χ3v) is 3.63. The van der Waals surface area contributed by atoms with Crippen molar-refractivity contribution < 1.29 is 0 Å². The second kappa shape index (κ2) is 6.53. The molecule has 0 radical (unpaired) electrons. The van der Waals surface area contributed by atoms with Gasteiger partial charge >= 0.3 is 0 Å². The number of rotatable bonds is 4. The van der Waals surface area contributed by atoms with E-state index in [1.165, 1.54) is 32.4 Å². The molecular formula is C15H22N4. The summed E-state index contributed by atoms with van der Waals surface area (Å²) in [7, 11) is 0. The molecule has 4 heteroatoms. The van der Waals surface area contributed by atoms with Crippen molar-refractivity contribution >= 4 is 5.82 Å². The van der Waals surface area contributed by atoms with Crippen molar-refractivity contribution in [2.75, 3.05) is 25.0 Å². The molecule has 0 aromatic carbocycles. The molecule has 0 amide bonds. The summed E-state index contributed by atoms with van der Waals surface area (Å²) >= 11 is 0. The zero-order valence-corrected chi connectivity index (χ0v) is 11.8. The van der Waals surface area contributed by atoms with Crippen LogP contribution in [0.25, 0.3) is 0 Å². The molecule has 1 atom stereocenters. The zero-order valence-electron chi connectivity index (χ0n) is 11.8. The van der Waals surface area contributed by atoms with Gasteiger partial charge in [-0.05, 0) is 51.4 Å². The second-order valence-electron chi connectivity index (χ2n) is 5.37. The van der Waals surface area contributed by atoms with E-state index in [-0.39, 0.29) is 0 Å². The normalized spacial score (nSPS) is 17.7. The Bertz CT molecular complexity index is 458. The molecule has 4 nitrogen and oxygen atoms in total. The predicted octanol–water partition coefficient (Wildman–Crippen LogP) is 2.55. The van der Waals surface area contributed by atoms with E-state index < -0.39 is 0 Å². The van der Waals surface area contributed by atoms with Crippen molar-refractivity contribution in [2.45, 2.75) is 39.2 Å². The predicted molar refractivity (Wildman–Crippen MR) is 77.1 cm³/mol. The van der Waals surface area contributed by atoms with Crippen molar-refractivity contribution in [3.8, 4) is 6.07 Å². The molecule has 1 aliphatic rings. The highest BCUT2D eigenvalue weighted by Crippen LogP contribution is 2.17. The summed E-state index contributed by atoms with van der Waals surface area (Å²) in [4.78, 5) is 6.78. The van der Waals surface area contributed by atoms with Crippen LogP contribution in [0.5, 0.6) is 0 Å². The average molecular weight is 258 g/mol. The van der Waals surface area contributed by atoms with Gasteiger partial charge in [-0.2, -0.15) is 5.26 Å². The van der Waals surface area contributed by atoms with Gasteiger partial charge in [0.2, 0.25) is 0 Å². The minimum Gasteiger partial charge on any atom is -0.365 e. The third-order valence-electron chi connectivity index (χ3n) is 3.63. The van der Waals surface area contributed by atoms with Gasteiger partial charge in [0.25, 0.3) is 0 Å². The Morgan fingerprint density at radius 1 is 1.42 bits per heavy atom. The second-order valence-corrected chi connectivity index (χ2v) is 5.37. The van der Waals surface area contributed by atoms with Crippen LogP contribution in [0.3, 0.4) is 0 Å². The molecule has 2 rings (SSSR count). The van der Waals surface area contributed by atoms with E-state index >= 15 is 0 Å². The summed E-state index contributed by atoms with van der Waals surface area (Å²) < 4.78 is 0. The van der Waals surface area contributed by atoms with Crippen molar-refractivity contribution in [1.29, 1.82) is 5.26 Å². The number of hydrogen-bond acceptors (Lipinski definition) is 4.